The van der Waals surface area contributed by atoms with Crippen molar-refractivity contribution in [3.05, 3.63) is 0 Å². The van der Waals surface area contributed by atoms with Crippen LogP contribution in [0.5, 0.6) is 0 Å². The molecule has 1 aliphatic carbocycles. The van der Waals surface area contributed by atoms with Crippen molar-refractivity contribution < 1.29 is 8.42 Å². The molecule has 0 amide bonds. The largest absolute Gasteiger partial charge is 0.330 e. The summed E-state index contributed by atoms with van der Waals surface area (Å²) >= 11 is 0. The van der Waals surface area contributed by atoms with Crippen molar-refractivity contribution in [1.82, 2.24) is 0 Å². The van der Waals surface area contributed by atoms with Gasteiger partial charge in [0.2, 0.25) is 0 Å². The molecule has 0 aromatic heterocycles. The van der Waals surface area contributed by atoms with Crippen LogP contribution in [0.4, 0.5) is 0 Å². The smallest absolute Gasteiger partial charge is 0.150 e. The fraction of sp³-hybridized carbons (Fsp3) is 1.00. The fourth-order valence-corrected chi connectivity index (χ4v) is 3.41. The maximum absolute atomic E-state index is 11.3. The summed E-state index contributed by atoms with van der Waals surface area (Å²) in [6.45, 7) is 2.48. The molecule has 3 nitrogen and oxygen atoms in total. The number of nitrogens with two attached hydrogens (primary N) is 1. The van der Waals surface area contributed by atoms with Gasteiger partial charge in [0.1, 0.15) is 9.84 Å². The fourth-order valence-electron chi connectivity index (χ4n) is 2.51. The van der Waals surface area contributed by atoms with Gasteiger partial charge in [-0.3, -0.25) is 0 Å². The Kier molecular flexibility index (Phi) is 5.06. The normalized spacial score (nSPS) is 27.1. The zero-order valence-corrected chi connectivity index (χ0v) is 10.4. The Hall–Kier alpha value is -0.0900. The maximum atomic E-state index is 11.3. The summed E-state index contributed by atoms with van der Waals surface area (Å²) in [7, 11) is -2.77. The van der Waals surface area contributed by atoms with Crippen molar-refractivity contribution in [2.24, 2.45) is 17.6 Å². The Morgan fingerprint density at radius 1 is 1.27 bits per heavy atom. The number of rotatable bonds is 6. The van der Waals surface area contributed by atoms with Crippen LogP contribution in [0.15, 0.2) is 0 Å². The summed E-state index contributed by atoms with van der Waals surface area (Å²) in [5.74, 6) is 1.96. The highest BCUT2D eigenvalue weighted by atomic mass is 32.2. The molecule has 1 rings (SSSR count). The summed E-state index contributed by atoms with van der Waals surface area (Å²) in [6, 6.07) is 0. The molecule has 2 atom stereocenters. The minimum Gasteiger partial charge on any atom is -0.330 e. The van der Waals surface area contributed by atoms with Gasteiger partial charge in [0.25, 0.3) is 0 Å². The van der Waals surface area contributed by atoms with Crippen LogP contribution >= 0.6 is 0 Å². The molecular formula is C11H23NO2S. The third kappa shape index (κ3) is 4.11. The molecule has 0 aliphatic heterocycles. The van der Waals surface area contributed by atoms with Gasteiger partial charge in [0.05, 0.1) is 5.75 Å². The Morgan fingerprint density at radius 3 is 2.53 bits per heavy atom. The highest BCUT2D eigenvalue weighted by Gasteiger charge is 2.25. The third-order valence-corrected chi connectivity index (χ3v) is 5.38. The van der Waals surface area contributed by atoms with E-state index in [4.69, 9.17) is 5.73 Å². The number of hydrogen-bond donors (Lipinski definition) is 1. The molecule has 0 radical (unpaired) electrons. The van der Waals surface area contributed by atoms with Crippen molar-refractivity contribution >= 4 is 9.84 Å². The highest BCUT2D eigenvalue weighted by Crippen LogP contribution is 2.34. The molecule has 0 aromatic carbocycles. The molecule has 0 aromatic rings. The zero-order valence-electron chi connectivity index (χ0n) is 9.61. The van der Waals surface area contributed by atoms with Gasteiger partial charge in [0.15, 0.2) is 0 Å². The lowest BCUT2D eigenvalue weighted by Crippen LogP contribution is -2.19. The molecule has 1 fully saturated rings. The predicted molar refractivity (Wildman–Crippen MR) is 63.4 cm³/mol. The first-order valence-electron chi connectivity index (χ1n) is 5.99. The van der Waals surface area contributed by atoms with Gasteiger partial charge < -0.3 is 5.73 Å². The molecule has 2 unspecified atom stereocenters. The molecule has 4 heteroatoms. The average Bonchev–Trinajstić information content (AvgIpc) is 2.65. The van der Waals surface area contributed by atoms with Gasteiger partial charge >= 0.3 is 0 Å². The van der Waals surface area contributed by atoms with Gasteiger partial charge in [-0.25, -0.2) is 8.42 Å². The molecule has 0 heterocycles. The van der Waals surface area contributed by atoms with E-state index in [2.05, 4.69) is 0 Å². The van der Waals surface area contributed by atoms with E-state index >= 15 is 0 Å². The van der Waals surface area contributed by atoms with Crippen molar-refractivity contribution in [2.75, 3.05) is 18.1 Å². The lowest BCUT2D eigenvalue weighted by Gasteiger charge is -2.17. The molecule has 1 saturated carbocycles. The van der Waals surface area contributed by atoms with Crippen LogP contribution in [0, 0.1) is 11.8 Å². The number of hydrogen-bond acceptors (Lipinski definition) is 3. The van der Waals surface area contributed by atoms with Crippen LogP contribution in [0.3, 0.4) is 0 Å². The molecule has 0 bridgehead atoms. The second kappa shape index (κ2) is 5.85. The second-order valence-corrected chi connectivity index (χ2v) is 7.04. The standard InChI is InChI=1S/C11H23NO2S/c1-2-15(13,14)8-4-7-10-5-3-6-11(10)9-12/h10-11H,2-9,12H2,1H3. The van der Waals surface area contributed by atoms with E-state index in [1.54, 1.807) is 6.92 Å². The molecule has 90 valence electrons. The van der Waals surface area contributed by atoms with Gasteiger partial charge in [-0.2, -0.15) is 0 Å². The van der Waals surface area contributed by atoms with Crippen LogP contribution in [-0.2, 0) is 9.84 Å². The highest BCUT2D eigenvalue weighted by molar-refractivity contribution is 7.91. The summed E-state index contributed by atoms with van der Waals surface area (Å²) in [5, 5.41) is 0. The van der Waals surface area contributed by atoms with E-state index < -0.39 is 9.84 Å². The van der Waals surface area contributed by atoms with Crippen molar-refractivity contribution in [1.29, 1.82) is 0 Å². The summed E-state index contributed by atoms with van der Waals surface area (Å²) < 4.78 is 22.6. The van der Waals surface area contributed by atoms with E-state index in [1.165, 1.54) is 19.3 Å². The second-order valence-electron chi connectivity index (χ2n) is 4.57. The Bertz CT molecular complexity index is 274. The average molecular weight is 233 g/mol. The van der Waals surface area contributed by atoms with E-state index in [9.17, 15) is 8.42 Å². The minimum absolute atomic E-state index is 0.276. The van der Waals surface area contributed by atoms with Gasteiger partial charge in [-0.05, 0) is 37.6 Å². The third-order valence-electron chi connectivity index (χ3n) is 3.59. The SMILES string of the molecule is CCS(=O)(=O)CCCC1CCCC1CN. The van der Waals surface area contributed by atoms with Crippen LogP contribution in [0.25, 0.3) is 0 Å². The van der Waals surface area contributed by atoms with Crippen LogP contribution < -0.4 is 5.73 Å². The first-order valence-corrected chi connectivity index (χ1v) is 7.81. The van der Waals surface area contributed by atoms with Gasteiger partial charge in [-0.15, -0.1) is 0 Å². The summed E-state index contributed by atoms with van der Waals surface area (Å²) in [5.41, 5.74) is 5.69. The van der Waals surface area contributed by atoms with Gasteiger partial charge in [-0.1, -0.05) is 19.8 Å². The monoisotopic (exact) mass is 233 g/mol. The van der Waals surface area contributed by atoms with E-state index in [1.807, 2.05) is 0 Å². The molecule has 15 heavy (non-hydrogen) atoms. The summed E-state index contributed by atoms with van der Waals surface area (Å²) in [4.78, 5) is 0. The van der Waals surface area contributed by atoms with Gasteiger partial charge in [0, 0.05) is 5.75 Å². The van der Waals surface area contributed by atoms with Crippen molar-refractivity contribution in [3.8, 4) is 0 Å². The Morgan fingerprint density at radius 2 is 1.93 bits per heavy atom. The maximum Gasteiger partial charge on any atom is 0.150 e. The van der Waals surface area contributed by atoms with Crippen LogP contribution in [0.2, 0.25) is 0 Å². The summed E-state index contributed by atoms with van der Waals surface area (Å²) in [6.07, 6.45) is 5.61. The van der Waals surface area contributed by atoms with Crippen LogP contribution in [-0.4, -0.2) is 26.5 Å². The molecule has 2 N–H and O–H groups in total. The molecule has 0 saturated heterocycles. The zero-order chi connectivity index (χ0) is 11.3. The molecule has 0 spiro atoms. The molecule has 1 aliphatic rings. The quantitative estimate of drug-likeness (QED) is 0.757. The predicted octanol–water partition coefficient (Wildman–Crippen LogP) is 1.58. The lowest BCUT2D eigenvalue weighted by atomic mass is 9.92. The molecular weight excluding hydrogens is 210 g/mol. The minimum atomic E-state index is -2.77. The Labute approximate surface area is 93.3 Å². The van der Waals surface area contributed by atoms with E-state index in [-0.39, 0.29) is 5.75 Å². The van der Waals surface area contributed by atoms with Crippen molar-refractivity contribution in [2.45, 2.75) is 39.0 Å². The first-order chi connectivity index (χ1) is 7.09. The lowest BCUT2D eigenvalue weighted by molar-refractivity contribution is 0.369. The van der Waals surface area contributed by atoms with Crippen LogP contribution in [0.1, 0.15) is 39.0 Å². The van der Waals surface area contributed by atoms with Crippen molar-refractivity contribution in [3.63, 3.8) is 0 Å². The Balaban J connectivity index is 2.25. The van der Waals surface area contributed by atoms with E-state index in [0.717, 1.165) is 19.4 Å². The first kappa shape index (κ1) is 13.0. The number of sulfone groups is 1. The van der Waals surface area contributed by atoms with E-state index in [0.29, 0.717) is 17.6 Å². The topological polar surface area (TPSA) is 60.2 Å².